The Morgan fingerprint density at radius 3 is 2.52 bits per heavy atom. The molecule has 0 unspecified atom stereocenters. The highest BCUT2D eigenvalue weighted by atomic mass is 16.5. The van der Waals surface area contributed by atoms with Crippen molar-refractivity contribution in [3.8, 4) is 0 Å². The van der Waals surface area contributed by atoms with Gasteiger partial charge in [0, 0.05) is 18.3 Å². The number of pyridine rings is 1. The quantitative estimate of drug-likeness (QED) is 0.562. The average molecular weight is 397 g/mol. The number of imide groups is 1. The minimum absolute atomic E-state index is 0.0382. The van der Waals surface area contributed by atoms with Crippen LogP contribution in [0, 0.1) is 18.8 Å². The van der Waals surface area contributed by atoms with Gasteiger partial charge in [-0.05, 0) is 31.9 Å². The molecular weight excluding hydrogens is 374 g/mol. The summed E-state index contributed by atoms with van der Waals surface area (Å²) in [5, 5.41) is 0. The Kier molecular flexibility index (Phi) is 5.17. The highest BCUT2D eigenvalue weighted by molar-refractivity contribution is 6.05. The van der Waals surface area contributed by atoms with Crippen LogP contribution in [0.5, 0.6) is 0 Å². The first-order valence-corrected chi connectivity index (χ1v) is 9.95. The van der Waals surface area contributed by atoms with Crippen LogP contribution in [0.3, 0.4) is 0 Å². The highest BCUT2D eigenvalue weighted by Gasteiger charge is 2.47. The van der Waals surface area contributed by atoms with Crippen molar-refractivity contribution in [3.05, 3.63) is 46.0 Å². The van der Waals surface area contributed by atoms with Gasteiger partial charge in [0.25, 0.3) is 5.56 Å². The molecule has 1 aliphatic heterocycles. The number of aryl methyl sites for hydroxylation is 1. The molecule has 2 aromatic heterocycles. The Bertz CT molecular complexity index is 1020. The van der Waals surface area contributed by atoms with E-state index in [0.717, 1.165) is 31.4 Å². The molecule has 2 atom stereocenters. The zero-order valence-electron chi connectivity index (χ0n) is 16.3. The van der Waals surface area contributed by atoms with Crippen LogP contribution < -0.4 is 5.56 Å². The van der Waals surface area contributed by atoms with E-state index < -0.39 is 5.97 Å². The fourth-order valence-corrected chi connectivity index (χ4v) is 4.32. The number of hydrogen-bond acceptors (Lipinski definition) is 6. The smallest absolute Gasteiger partial charge is 0.307 e. The molecule has 152 valence electrons. The largest absolute Gasteiger partial charge is 0.459 e. The van der Waals surface area contributed by atoms with Gasteiger partial charge in [0.1, 0.15) is 12.3 Å². The van der Waals surface area contributed by atoms with Crippen LogP contribution >= 0.6 is 0 Å². The molecular formula is C21H23N3O5. The number of amides is 2. The molecule has 0 N–H and O–H groups in total. The number of rotatable bonds is 5. The molecule has 8 heteroatoms. The van der Waals surface area contributed by atoms with Crippen molar-refractivity contribution in [2.75, 3.05) is 6.54 Å². The summed E-state index contributed by atoms with van der Waals surface area (Å²) in [7, 11) is 0. The van der Waals surface area contributed by atoms with Gasteiger partial charge < -0.3 is 4.74 Å². The van der Waals surface area contributed by atoms with Gasteiger partial charge in [-0.1, -0.05) is 18.9 Å². The zero-order chi connectivity index (χ0) is 20.5. The lowest BCUT2D eigenvalue weighted by atomic mass is 9.81. The van der Waals surface area contributed by atoms with Crippen molar-refractivity contribution in [2.45, 2.75) is 45.6 Å². The maximum atomic E-state index is 12.4. The first kappa shape index (κ1) is 19.3. The van der Waals surface area contributed by atoms with Gasteiger partial charge in [-0.25, -0.2) is 4.98 Å². The van der Waals surface area contributed by atoms with Crippen molar-refractivity contribution in [2.24, 2.45) is 11.8 Å². The van der Waals surface area contributed by atoms with Gasteiger partial charge >= 0.3 is 5.97 Å². The summed E-state index contributed by atoms with van der Waals surface area (Å²) < 4.78 is 6.69. The number of nitrogens with zero attached hydrogens (tertiary/aromatic N) is 3. The Morgan fingerprint density at radius 2 is 1.83 bits per heavy atom. The van der Waals surface area contributed by atoms with E-state index in [1.807, 2.05) is 13.0 Å². The van der Waals surface area contributed by atoms with Crippen LogP contribution in [-0.4, -0.2) is 38.6 Å². The molecule has 0 aromatic carbocycles. The molecule has 2 fully saturated rings. The summed E-state index contributed by atoms with van der Waals surface area (Å²) >= 11 is 0. The molecule has 0 bridgehead atoms. The van der Waals surface area contributed by atoms with Crippen molar-refractivity contribution in [3.63, 3.8) is 0 Å². The second kappa shape index (κ2) is 7.77. The lowest BCUT2D eigenvalue weighted by Crippen LogP contribution is -2.33. The van der Waals surface area contributed by atoms with Crippen LogP contribution in [-0.2, 0) is 25.7 Å². The Balaban J connectivity index is 1.35. The molecule has 2 amide bonds. The molecule has 0 radical (unpaired) electrons. The summed E-state index contributed by atoms with van der Waals surface area (Å²) in [5.41, 5.74) is 1.37. The Morgan fingerprint density at radius 1 is 1.14 bits per heavy atom. The molecule has 2 aromatic rings. The van der Waals surface area contributed by atoms with Crippen molar-refractivity contribution >= 4 is 23.4 Å². The van der Waals surface area contributed by atoms with E-state index in [2.05, 4.69) is 4.98 Å². The minimum atomic E-state index is -0.535. The molecule has 2 aliphatic rings. The van der Waals surface area contributed by atoms with E-state index in [-0.39, 0.29) is 48.8 Å². The fourth-order valence-electron chi connectivity index (χ4n) is 4.32. The third-order valence-electron chi connectivity index (χ3n) is 5.79. The second-order valence-electron chi connectivity index (χ2n) is 7.68. The maximum absolute atomic E-state index is 12.4. The standard InChI is InChI=1S/C21H23N3O5/c1-13-5-4-8-17-22-14(11-18(25)24(13)17)12-29-19(26)9-10-23-20(27)15-6-2-3-7-16(15)21(23)28/h4-5,8,11,15-16H,2-3,6-7,9-10,12H2,1H3/t15-,16-/m1/s1. The summed E-state index contributed by atoms with van der Waals surface area (Å²) in [6.07, 6.45) is 3.36. The SMILES string of the molecule is Cc1cccc2nc(COC(=O)CCN3C(=O)[C@@H]4CCCC[C@H]4C3=O)cc(=O)n12. The number of esters is 1. The molecule has 4 rings (SSSR count). The van der Waals surface area contributed by atoms with Gasteiger partial charge in [0.05, 0.1) is 24.0 Å². The van der Waals surface area contributed by atoms with E-state index in [1.54, 1.807) is 12.1 Å². The molecule has 1 saturated heterocycles. The topological polar surface area (TPSA) is 98.0 Å². The molecule has 29 heavy (non-hydrogen) atoms. The minimum Gasteiger partial charge on any atom is -0.459 e. The van der Waals surface area contributed by atoms with E-state index in [0.29, 0.717) is 11.3 Å². The van der Waals surface area contributed by atoms with Crippen LogP contribution in [0.4, 0.5) is 0 Å². The number of ether oxygens (including phenoxy) is 1. The van der Waals surface area contributed by atoms with E-state index >= 15 is 0 Å². The fraction of sp³-hybridized carbons (Fsp3) is 0.476. The summed E-state index contributed by atoms with van der Waals surface area (Å²) in [6, 6.07) is 6.66. The Hall–Kier alpha value is -3.03. The van der Waals surface area contributed by atoms with Crippen LogP contribution in [0.1, 0.15) is 43.5 Å². The van der Waals surface area contributed by atoms with Crippen LogP contribution in [0.25, 0.3) is 5.65 Å². The maximum Gasteiger partial charge on any atom is 0.307 e. The molecule has 0 spiro atoms. The van der Waals surface area contributed by atoms with E-state index in [1.165, 1.54) is 15.4 Å². The highest BCUT2D eigenvalue weighted by Crippen LogP contribution is 2.37. The molecule has 3 heterocycles. The van der Waals surface area contributed by atoms with Gasteiger partial charge in [-0.15, -0.1) is 0 Å². The number of likely N-dealkylation sites (tertiary alicyclic amines) is 1. The summed E-state index contributed by atoms with van der Waals surface area (Å²) in [6.45, 7) is 1.72. The summed E-state index contributed by atoms with van der Waals surface area (Å²) in [5.74, 6) is -1.29. The van der Waals surface area contributed by atoms with Crippen LogP contribution in [0.15, 0.2) is 29.1 Å². The normalized spacial score (nSPS) is 21.5. The second-order valence-corrected chi connectivity index (χ2v) is 7.68. The number of carbonyl (C=O) groups excluding carboxylic acids is 3. The monoisotopic (exact) mass is 397 g/mol. The van der Waals surface area contributed by atoms with Gasteiger partial charge in [-0.2, -0.15) is 0 Å². The molecule has 1 aliphatic carbocycles. The predicted molar refractivity (Wildman–Crippen MR) is 103 cm³/mol. The summed E-state index contributed by atoms with van der Waals surface area (Å²) in [4.78, 5) is 54.8. The van der Waals surface area contributed by atoms with Crippen molar-refractivity contribution in [1.82, 2.24) is 14.3 Å². The third kappa shape index (κ3) is 3.66. The van der Waals surface area contributed by atoms with Crippen LogP contribution in [0.2, 0.25) is 0 Å². The Labute approximate surface area is 167 Å². The number of fused-ring (bicyclic) bond motifs is 2. The lowest BCUT2D eigenvalue weighted by Gasteiger charge is -2.19. The molecule has 8 nitrogen and oxygen atoms in total. The predicted octanol–water partition coefficient (Wildman–Crippen LogP) is 1.61. The zero-order valence-corrected chi connectivity index (χ0v) is 16.3. The first-order valence-electron chi connectivity index (χ1n) is 9.95. The number of hydrogen-bond donors (Lipinski definition) is 0. The van der Waals surface area contributed by atoms with Crippen molar-refractivity contribution < 1.29 is 19.1 Å². The lowest BCUT2D eigenvalue weighted by molar-refractivity contribution is -0.146. The van der Waals surface area contributed by atoms with E-state index in [4.69, 9.17) is 4.74 Å². The number of carbonyl (C=O) groups is 3. The third-order valence-corrected chi connectivity index (χ3v) is 5.79. The van der Waals surface area contributed by atoms with Gasteiger partial charge in [0.15, 0.2) is 0 Å². The number of aromatic nitrogens is 2. The van der Waals surface area contributed by atoms with Crippen molar-refractivity contribution in [1.29, 1.82) is 0 Å². The first-order chi connectivity index (χ1) is 14.0. The van der Waals surface area contributed by atoms with E-state index in [9.17, 15) is 19.2 Å². The molecule has 1 saturated carbocycles. The average Bonchev–Trinajstić information content (AvgIpc) is 2.95. The van der Waals surface area contributed by atoms with Gasteiger partial charge in [0.2, 0.25) is 11.8 Å². The van der Waals surface area contributed by atoms with Gasteiger partial charge in [-0.3, -0.25) is 28.5 Å².